The second-order valence-electron chi connectivity index (χ2n) is 5.32. The van der Waals surface area contributed by atoms with Crippen LogP contribution in [0.15, 0.2) is 61.2 Å². The number of nitrogens with zero attached hydrogens (tertiary/aromatic N) is 5. The van der Waals surface area contributed by atoms with E-state index >= 15 is 0 Å². The number of amides is 1. The molecular weight excluding hydrogens is 304 g/mol. The Bertz CT molecular complexity index is 1020. The van der Waals surface area contributed by atoms with Crippen LogP contribution in [0.3, 0.4) is 0 Å². The SMILES string of the molecule is Cc1ccn2ncc(C(=O)Nc3ccccc3-n3cccn3)c2n1. The van der Waals surface area contributed by atoms with Gasteiger partial charge in [0.15, 0.2) is 5.65 Å². The number of carbonyl (C=O) groups excluding carboxylic acids is 1. The molecule has 7 nitrogen and oxygen atoms in total. The summed E-state index contributed by atoms with van der Waals surface area (Å²) in [6.07, 6.45) is 6.82. The van der Waals surface area contributed by atoms with Gasteiger partial charge in [-0.3, -0.25) is 4.79 Å². The van der Waals surface area contributed by atoms with Crippen LogP contribution < -0.4 is 5.32 Å². The predicted octanol–water partition coefficient (Wildman–Crippen LogP) is 2.48. The smallest absolute Gasteiger partial charge is 0.261 e. The fraction of sp³-hybridized carbons (Fsp3) is 0.0588. The molecule has 4 aromatic rings. The largest absolute Gasteiger partial charge is 0.320 e. The molecule has 1 aromatic carbocycles. The van der Waals surface area contributed by atoms with Crippen molar-refractivity contribution in [2.45, 2.75) is 6.92 Å². The van der Waals surface area contributed by atoms with E-state index in [-0.39, 0.29) is 5.91 Å². The second-order valence-corrected chi connectivity index (χ2v) is 5.32. The van der Waals surface area contributed by atoms with Crippen molar-refractivity contribution in [1.82, 2.24) is 24.4 Å². The lowest BCUT2D eigenvalue weighted by atomic mass is 10.2. The van der Waals surface area contributed by atoms with Gasteiger partial charge in [-0.1, -0.05) is 12.1 Å². The zero-order chi connectivity index (χ0) is 16.5. The summed E-state index contributed by atoms with van der Waals surface area (Å²) in [6, 6.07) is 11.2. The highest BCUT2D eigenvalue weighted by Gasteiger charge is 2.16. The Morgan fingerprint density at radius 1 is 1.08 bits per heavy atom. The number of anilines is 1. The van der Waals surface area contributed by atoms with Crippen molar-refractivity contribution in [1.29, 1.82) is 0 Å². The van der Waals surface area contributed by atoms with Crippen LogP contribution in [0.2, 0.25) is 0 Å². The first-order valence-corrected chi connectivity index (χ1v) is 7.44. The lowest BCUT2D eigenvalue weighted by Crippen LogP contribution is -2.14. The van der Waals surface area contributed by atoms with Crippen LogP contribution in [0.25, 0.3) is 11.3 Å². The number of aryl methyl sites for hydroxylation is 1. The highest BCUT2D eigenvalue weighted by Crippen LogP contribution is 2.20. The third-order valence-electron chi connectivity index (χ3n) is 3.66. The zero-order valence-electron chi connectivity index (χ0n) is 12.9. The summed E-state index contributed by atoms with van der Waals surface area (Å²) >= 11 is 0. The molecular formula is C17H14N6O. The first kappa shape index (κ1) is 14.1. The molecule has 0 bridgehead atoms. The van der Waals surface area contributed by atoms with Crippen molar-refractivity contribution in [2.24, 2.45) is 0 Å². The zero-order valence-corrected chi connectivity index (χ0v) is 12.9. The summed E-state index contributed by atoms with van der Waals surface area (Å²) in [4.78, 5) is 17.1. The van der Waals surface area contributed by atoms with Gasteiger partial charge in [0.1, 0.15) is 5.56 Å². The summed E-state index contributed by atoms with van der Waals surface area (Å²) in [5, 5.41) is 11.3. The molecule has 1 amide bonds. The fourth-order valence-corrected chi connectivity index (χ4v) is 2.50. The standard InChI is InChI=1S/C17H14N6O/c1-12-7-10-23-16(20-12)13(11-19-23)17(24)21-14-5-2-3-6-15(14)22-9-4-8-18-22/h2-11H,1H3,(H,21,24). The van der Waals surface area contributed by atoms with Crippen molar-refractivity contribution in [3.8, 4) is 5.69 Å². The van der Waals surface area contributed by atoms with Gasteiger partial charge in [0.05, 0.1) is 17.6 Å². The number of para-hydroxylation sites is 2. The topological polar surface area (TPSA) is 77.1 Å². The maximum absolute atomic E-state index is 12.7. The lowest BCUT2D eigenvalue weighted by Gasteiger charge is -2.10. The molecule has 3 heterocycles. The second kappa shape index (κ2) is 5.62. The van der Waals surface area contributed by atoms with Gasteiger partial charge in [0.25, 0.3) is 5.91 Å². The summed E-state index contributed by atoms with van der Waals surface area (Å²) in [6.45, 7) is 1.88. The fourth-order valence-electron chi connectivity index (χ4n) is 2.50. The van der Waals surface area contributed by atoms with Crippen LogP contribution >= 0.6 is 0 Å². The van der Waals surface area contributed by atoms with Crippen LogP contribution in [-0.2, 0) is 0 Å². The molecule has 1 N–H and O–H groups in total. The quantitative estimate of drug-likeness (QED) is 0.629. The van der Waals surface area contributed by atoms with Crippen molar-refractivity contribution >= 4 is 17.2 Å². The monoisotopic (exact) mass is 318 g/mol. The molecule has 24 heavy (non-hydrogen) atoms. The number of carbonyl (C=O) groups is 1. The van der Waals surface area contributed by atoms with E-state index in [1.165, 1.54) is 6.20 Å². The van der Waals surface area contributed by atoms with Crippen LogP contribution in [0.1, 0.15) is 16.1 Å². The Morgan fingerprint density at radius 3 is 2.79 bits per heavy atom. The Kier molecular flexibility index (Phi) is 3.31. The Labute approximate surface area is 137 Å². The minimum Gasteiger partial charge on any atom is -0.320 e. The third kappa shape index (κ3) is 2.41. The van der Waals surface area contributed by atoms with Gasteiger partial charge in [-0.2, -0.15) is 10.2 Å². The minimum absolute atomic E-state index is 0.261. The maximum Gasteiger partial charge on any atom is 0.261 e. The van der Waals surface area contributed by atoms with Crippen molar-refractivity contribution in [2.75, 3.05) is 5.32 Å². The van der Waals surface area contributed by atoms with E-state index in [1.54, 1.807) is 21.6 Å². The molecule has 118 valence electrons. The maximum atomic E-state index is 12.7. The molecule has 0 atom stereocenters. The van der Waals surface area contributed by atoms with Crippen LogP contribution in [0.4, 0.5) is 5.69 Å². The predicted molar refractivity (Wildman–Crippen MR) is 89.2 cm³/mol. The number of nitrogens with one attached hydrogen (secondary N) is 1. The van der Waals surface area contributed by atoms with Gasteiger partial charge in [-0.15, -0.1) is 0 Å². The number of fused-ring (bicyclic) bond motifs is 1. The van der Waals surface area contributed by atoms with Crippen molar-refractivity contribution in [3.63, 3.8) is 0 Å². The van der Waals surface area contributed by atoms with Gasteiger partial charge in [-0.05, 0) is 31.2 Å². The van der Waals surface area contributed by atoms with Crippen molar-refractivity contribution < 1.29 is 4.79 Å². The third-order valence-corrected chi connectivity index (χ3v) is 3.66. The van der Waals surface area contributed by atoms with Crippen molar-refractivity contribution in [3.05, 3.63) is 72.4 Å². The van der Waals surface area contributed by atoms with Gasteiger partial charge < -0.3 is 5.32 Å². The van der Waals surface area contributed by atoms with Crippen LogP contribution in [-0.4, -0.2) is 30.3 Å². The number of aromatic nitrogens is 5. The molecule has 0 unspecified atom stereocenters. The normalized spacial score (nSPS) is 10.9. The molecule has 0 aliphatic carbocycles. The summed E-state index contributed by atoms with van der Waals surface area (Å²) < 4.78 is 3.29. The first-order valence-electron chi connectivity index (χ1n) is 7.44. The summed E-state index contributed by atoms with van der Waals surface area (Å²) in [5.41, 5.74) is 3.24. The van der Waals surface area contributed by atoms with E-state index in [9.17, 15) is 4.79 Å². The highest BCUT2D eigenvalue weighted by atomic mass is 16.1. The Balaban J connectivity index is 1.71. The average Bonchev–Trinajstić information content (AvgIpc) is 3.24. The molecule has 3 aromatic heterocycles. The summed E-state index contributed by atoms with van der Waals surface area (Å²) in [5.74, 6) is -0.261. The van der Waals surface area contributed by atoms with E-state index in [0.29, 0.717) is 16.9 Å². The molecule has 0 saturated carbocycles. The average molecular weight is 318 g/mol. The van der Waals surface area contributed by atoms with E-state index in [2.05, 4.69) is 20.5 Å². The number of rotatable bonds is 3. The molecule has 0 saturated heterocycles. The highest BCUT2D eigenvalue weighted by molar-refractivity contribution is 6.08. The number of hydrogen-bond donors (Lipinski definition) is 1. The Morgan fingerprint density at radius 2 is 1.96 bits per heavy atom. The molecule has 0 fully saturated rings. The molecule has 4 rings (SSSR count). The van der Waals surface area contributed by atoms with E-state index in [4.69, 9.17) is 0 Å². The molecule has 0 spiro atoms. The van der Waals surface area contributed by atoms with Gasteiger partial charge >= 0.3 is 0 Å². The van der Waals surface area contributed by atoms with Crippen LogP contribution in [0.5, 0.6) is 0 Å². The van der Waals surface area contributed by atoms with Crippen LogP contribution in [0, 0.1) is 6.92 Å². The number of benzene rings is 1. The molecule has 0 aliphatic rings. The van der Waals surface area contributed by atoms with E-state index in [0.717, 1.165) is 11.4 Å². The summed E-state index contributed by atoms with van der Waals surface area (Å²) in [7, 11) is 0. The number of hydrogen-bond acceptors (Lipinski definition) is 4. The Hall–Kier alpha value is -3.48. The first-order chi connectivity index (χ1) is 11.7. The minimum atomic E-state index is -0.261. The molecule has 0 aliphatic heterocycles. The van der Waals surface area contributed by atoms with Gasteiger partial charge in [0.2, 0.25) is 0 Å². The van der Waals surface area contributed by atoms with E-state index in [1.807, 2.05) is 49.5 Å². The lowest BCUT2D eigenvalue weighted by molar-refractivity contribution is 0.102. The van der Waals surface area contributed by atoms with E-state index < -0.39 is 0 Å². The van der Waals surface area contributed by atoms with Gasteiger partial charge in [0, 0.05) is 24.3 Å². The molecule has 7 heteroatoms. The van der Waals surface area contributed by atoms with Gasteiger partial charge in [-0.25, -0.2) is 14.2 Å². The molecule has 0 radical (unpaired) electrons.